The van der Waals surface area contributed by atoms with E-state index in [4.69, 9.17) is 4.74 Å². The zero-order chi connectivity index (χ0) is 18.8. The number of aromatic nitrogens is 3. The maximum absolute atomic E-state index is 12.2. The number of rotatable bonds is 5. The quantitative estimate of drug-likeness (QED) is 0.848. The average molecular weight is 390 g/mol. The van der Waals surface area contributed by atoms with E-state index < -0.39 is 0 Å². The summed E-state index contributed by atoms with van der Waals surface area (Å²) >= 11 is 1.64. The largest absolute Gasteiger partial charge is 0.368 e. The fourth-order valence-corrected chi connectivity index (χ4v) is 4.62. The molecule has 8 heteroatoms. The van der Waals surface area contributed by atoms with E-state index in [0.717, 1.165) is 61.6 Å². The summed E-state index contributed by atoms with van der Waals surface area (Å²) in [7, 11) is 2.00. The molecule has 0 aromatic carbocycles. The van der Waals surface area contributed by atoms with Crippen LogP contribution in [0.1, 0.15) is 37.1 Å². The highest BCUT2D eigenvalue weighted by Gasteiger charge is 2.27. The number of thiazole rings is 1. The van der Waals surface area contributed by atoms with Crippen LogP contribution in [0.2, 0.25) is 0 Å². The van der Waals surface area contributed by atoms with Crippen LogP contribution in [0.4, 0.5) is 0 Å². The Hall–Kier alpha value is -1.77. The van der Waals surface area contributed by atoms with E-state index in [1.807, 2.05) is 24.2 Å². The molecule has 0 radical (unpaired) electrons. The number of hydrogen-bond donors (Lipinski definition) is 1. The van der Waals surface area contributed by atoms with Crippen molar-refractivity contribution in [2.75, 3.05) is 19.7 Å². The highest BCUT2D eigenvalue weighted by atomic mass is 32.1. The first-order chi connectivity index (χ1) is 13.1. The highest BCUT2D eigenvalue weighted by Crippen LogP contribution is 2.27. The van der Waals surface area contributed by atoms with Gasteiger partial charge in [-0.15, -0.1) is 11.3 Å². The average Bonchev–Trinajstić information content (AvgIpc) is 3.39. The number of amides is 1. The zero-order valence-corrected chi connectivity index (χ0v) is 16.8. The van der Waals surface area contributed by atoms with Gasteiger partial charge in [-0.05, 0) is 38.7 Å². The van der Waals surface area contributed by atoms with Crippen LogP contribution in [0.3, 0.4) is 0 Å². The SMILES string of the molecule is Cc1ncsc1-c1cc(CN2CCC(NC(=O)[C@@H]3CCCO3)CC2)n(C)n1. The summed E-state index contributed by atoms with van der Waals surface area (Å²) in [6.07, 6.45) is 3.58. The van der Waals surface area contributed by atoms with Crippen molar-refractivity contribution in [3.8, 4) is 10.6 Å². The second-order valence-corrected chi connectivity index (χ2v) is 8.33. The van der Waals surface area contributed by atoms with Gasteiger partial charge in [-0.2, -0.15) is 5.10 Å². The fraction of sp³-hybridized carbons (Fsp3) is 0.632. The van der Waals surface area contributed by atoms with Crippen molar-refractivity contribution in [3.63, 3.8) is 0 Å². The lowest BCUT2D eigenvalue weighted by Crippen LogP contribution is -2.47. The maximum atomic E-state index is 12.2. The number of likely N-dealkylation sites (tertiary alicyclic amines) is 1. The van der Waals surface area contributed by atoms with Gasteiger partial charge in [0.2, 0.25) is 5.91 Å². The lowest BCUT2D eigenvalue weighted by atomic mass is 10.0. The molecule has 0 aliphatic carbocycles. The molecule has 2 aromatic rings. The molecule has 2 aliphatic rings. The summed E-state index contributed by atoms with van der Waals surface area (Å²) in [6, 6.07) is 2.44. The van der Waals surface area contributed by atoms with Crippen molar-refractivity contribution in [1.82, 2.24) is 25.0 Å². The van der Waals surface area contributed by atoms with Crippen LogP contribution in [-0.2, 0) is 23.1 Å². The van der Waals surface area contributed by atoms with Gasteiger partial charge in [0, 0.05) is 39.3 Å². The minimum atomic E-state index is -0.230. The van der Waals surface area contributed by atoms with E-state index in [0.29, 0.717) is 6.61 Å². The first-order valence-corrected chi connectivity index (χ1v) is 10.6. The third-order valence-electron chi connectivity index (χ3n) is 5.50. The number of aryl methyl sites for hydroxylation is 2. The Morgan fingerprint density at radius 2 is 2.19 bits per heavy atom. The molecule has 2 saturated heterocycles. The van der Waals surface area contributed by atoms with E-state index in [-0.39, 0.29) is 18.1 Å². The first kappa shape index (κ1) is 18.6. The van der Waals surface area contributed by atoms with Crippen molar-refractivity contribution in [2.24, 2.45) is 7.05 Å². The van der Waals surface area contributed by atoms with Gasteiger partial charge in [0.05, 0.1) is 21.8 Å². The van der Waals surface area contributed by atoms with Crippen LogP contribution in [0.5, 0.6) is 0 Å². The van der Waals surface area contributed by atoms with E-state index in [1.54, 1.807) is 11.3 Å². The monoisotopic (exact) mass is 389 g/mol. The van der Waals surface area contributed by atoms with Gasteiger partial charge in [0.1, 0.15) is 11.8 Å². The van der Waals surface area contributed by atoms with E-state index >= 15 is 0 Å². The highest BCUT2D eigenvalue weighted by molar-refractivity contribution is 7.13. The third-order valence-corrected chi connectivity index (χ3v) is 6.45. The van der Waals surface area contributed by atoms with Gasteiger partial charge in [-0.1, -0.05) is 0 Å². The molecule has 2 aromatic heterocycles. The van der Waals surface area contributed by atoms with Crippen LogP contribution in [-0.4, -0.2) is 57.4 Å². The molecule has 27 heavy (non-hydrogen) atoms. The summed E-state index contributed by atoms with van der Waals surface area (Å²) in [6.45, 7) is 5.58. The number of carbonyl (C=O) groups is 1. The Morgan fingerprint density at radius 3 is 2.85 bits per heavy atom. The molecule has 1 atom stereocenters. The van der Waals surface area contributed by atoms with Gasteiger partial charge < -0.3 is 10.1 Å². The molecule has 2 fully saturated rings. The first-order valence-electron chi connectivity index (χ1n) is 9.68. The number of carbonyl (C=O) groups excluding carboxylic acids is 1. The summed E-state index contributed by atoms with van der Waals surface area (Å²) in [5.41, 5.74) is 5.12. The molecule has 0 spiro atoms. The number of hydrogen-bond acceptors (Lipinski definition) is 6. The summed E-state index contributed by atoms with van der Waals surface area (Å²) in [4.78, 5) is 20.1. The lowest BCUT2D eigenvalue weighted by Gasteiger charge is -2.32. The smallest absolute Gasteiger partial charge is 0.249 e. The third kappa shape index (κ3) is 4.23. The Kier molecular flexibility index (Phi) is 5.56. The second-order valence-electron chi connectivity index (χ2n) is 7.47. The maximum Gasteiger partial charge on any atom is 0.249 e. The van der Waals surface area contributed by atoms with Gasteiger partial charge >= 0.3 is 0 Å². The minimum absolute atomic E-state index is 0.0714. The Balaban J connectivity index is 1.30. The van der Waals surface area contributed by atoms with Crippen LogP contribution >= 0.6 is 11.3 Å². The number of piperidine rings is 1. The predicted octanol–water partition coefficient (Wildman–Crippen LogP) is 2.11. The van der Waals surface area contributed by atoms with E-state index in [2.05, 4.69) is 26.4 Å². The standard InChI is InChI=1S/C19H27N5O2S/c1-13-18(27-12-20-13)16-10-15(23(2)22-16)11-24-7-5-14(6-8-24)21-19(25)17-4-3-9-26-17/h10,12,14,17H,3-9,11H2,1-2H3,(H,21,25)/t17-/m0/s1. The molecule has 2 aliphatic heterocycles. The Bertz CT molecular complexity index is 788. The fourth-order valence-electron chi connectivity index (χ4n) is 3.86. The van der Waals surface area contributed by atoms with Gasteiger partial charge in [-0.25, -0.2) is 4.98 Å². The lowest BCUT2D eigenvalue weighted by molar-refractivity contribution is -0.131. The normalized spacial score (nSPS) is 21.6. The van der Waals surface area contributed by atoms with Crippen molar-refractivity contribution in [2.45, 2.75) is 51.3 Å². The van der Waals surface area contributed by atoms with Gasteiger partial charge in [0.25, 0.3) is 0 Å². The van der Waals surface area contributed by atoms with Crippen molar-refractivity contribution in [3.05, 3.63) is 23.0 Å². The van der Waals surface area contributed by atoms with Crippen LogP contribution in [0, 0.1) is 6.92 Å². The summed E-state index contributed by atoms with van der Waals surface area (Å²) < 4.78 is 7.45. The second kappa shape index (κ2) is 8.08. The zero-order valence-electron chi connectivity index (χ0n) is 16.0. The van der Waals surface area contributed by atoms with E-state index in [1.165, 1.54) is 5.69 Å². The number of ether oxygens (including phenoxy) is 1. The predicted molar refractivity (Wildman–Crippen MR) is 104 cm³/mol. The molecular weight excluding hydrogens is 362 g/mol. The molecule has 4 rings (SSSR count). The summed E-state index contributed by atoms with van der Waals surface area (Å²) in [5, 5.41) is 7.84. The van der Waals surface area contributed by atoms with Crippen molar-refractivity contribution >= 4 is 17.2 Å². The topological polar surface area (TPSA) is 72.3 Å². The Labute approximate surface area is 163 Å². The molecule has 0 saturated carbocycles. The molecule has 4 heterocycles. The summed E-state index contributed by atoms with van der Waals surface area (Å²) in [5.74, 6) is 0.0714. The molecule has 146 valence electrons. The van der Waals surface area contributed by atoms with E-state index in [9.17, 15) is 4.79 Å². The van der Waals surface area contributed by atoms with Gasteiger partial charge in [0.15, 0.2) is 0 Å². The van der Waals surface area contributed by atoms with Crippen LogP contribution in [0.15, 0.2) is 11.6 Å². The molecule has 7 nitrogen and oxygen atoms in total. The minimum Gasteiger partial charge on any atom is -0.368 e. The van der Waals surface area contributed by atoms with Crippen molar-refractivity contribution < 1.29 is 9.53 Å². The molecular formula is C19H27N5O2S. The van der Waals surface area contributed by atoms with Crippen LogP contribution in [0.25, 0.3) is 10.6 Å². The molecule has 0 unspecified atom stereocenters. The number of nitrogens with zero attached hydrogens (tertiary/aromatic N) is 4. The number of nitrogens with one attached hydrogen (secondary N) is 1. The molecule has 1 N–H and O–H groups in total. The van der Waals surface area contributed by atoms with Crippen LogP contribution < -0.4 is 5.32 Å². The van der Waals surface area contributed by atoms with Gasteiger partial charge in [-0.3, -0.25) is 14.4 Å². The molecule has 1 amide bonds. The molecule has 0 bridgehead atoms. The van der Waals surface area contributed by atoms with Crippen molar-refractivity contribution in [1.29, 1.82) is 0 Å². The Morgan fingerprint density at radius 1 is 1.37 bits per heavy atom.